The van der Waals surface area contributed by atoms with Gasteiger partial charge in [0.2, 0.25) is 17.7 Å². The van der Waals surface area contributed by atoms with E-state index in [-0.39, 0.29) is 5.91 Å². The van der Waals surface area contributed by atoms with E-state index in [0.29, 0.717) is 24.6 Å². The minimum Gasteiger partial charge on any atom is -0.423 e. The van der Waals surface area contributed by atoms with Gasteiger partial charge in [0.05, 0.1) is 0 Å². The summed E-state index contributed by atoms with van der Waals surface area (Å²) in [5, 5.41) is 13.0. The fraction of sp³-hybridized carbons (Fsp3) is 0.458. The SMILES string of the molecule is CCC(=O)N(c1ccccc1)C1(c2nnc(CC)o2)CCN(CCc2ccsc2)CC1. The first-order chi connectivity index (χ1) is 15.2. The number of rotatable bonds is 8. The number of hydrogen-bond acceptors (Lipinski definition) is 6. The van der Waals surface area contributed by atoms with E-state index in [1.54, 1.807) is 11.3 Å². The van der Waals surface area contributed by atoms with Crippen molar-refractivity contribution < 1.29 is 9.21 Å². The molecule has 4 rings (SSSR count). The number of piperidine rings is 1. The van der Waals surface area contributed by atoms with Crippen molar-refractivity contribution in [2.24, 2.45) is 0 Å². The summed E-state index contributed by atoms with van der Waals surface area (Å²) < 4.78 is 6.09. The van der Waals surface area contributed by atoms with Gasteiger partial charge in [0.1, 0.15) is 5.54 Å². The highest BCUT2D eigenvalue weighted by Crippen LogP contribution is 2.41. The topological polar surface area (TPSA) is 62.5 Å². The van der Waals surface area contributed by atoms with Gasteiger partial charge in [-0.25, -0.2) is 0 Å². The summed E-state index contributed by atoms with van der Waals surface area (Å²) in [6.45, 7) is 6.70. The van der Waals surface area contributed by atoms with Gasteiger partial charge in [-0.1, -0.05) is 32.0 Å². The zero-order valence-electron chi connectivity index (χ0n) is 18.3. The van der Waals surface area contributed by atoms with Gasteiger partial charge >= 0.3 is 0 Å². The second-order valence-corrected chi connectivity index (χ2v) is 8.81. The third kappa shape index (κ3) is 4.57. The van der Waals surface area contributed by atoms with E-state index < -0.39 is 5.54 Å². The molecule has 0 spiro atoms. The monoisotopic (exact) mass is 438 g/mol. The van der Waals surface area contributed by atoms with Crippen LogP contribution in [0.3, 0.4) is 0 Å². The second kappa shape index (κ2) is 9.75. The van der Waals surface area contributed by atoms with Crippen LogP contribution in [0.1, 0.15) is 50.5 Å². The van der Waals surface area contributed by atoms with Crippen LogP contribution in [0.2, 0.25) is 0 Å². The number of amides is 1. The molecular weight excluding hydrogens is 408 g/mol. The molecule has 31 heavy (non-hydrogen) atoms. The Bertz CT molecular complexity index is 963. The summed E-state index contributed by atoms with van der Waals surface area (Å²) in [6.07, 6.45) is 3.69. The number of carbonyl (C=O) groups excluding carboxylic acids is 1. The van der Waals surface area contributed by atoms with Crippen molar-refractivity contribution in [1.29, 1.82) is 0 Å². The number of aromatic nitrogens is 2. The van der Waals surface area contributed by atoms with E-state index >= 15 is 0 Å². The van der Waals surface area contributed by atoms with E-state index in [9.17, 15) is 4.79 Å². The van der Waals surface area contributed by atoms with Gasteiger partial charge in [0.15, 0.2) is 0 Å². The molecule has 0 saturated carbocycles. The van der Waals surface area contributed by atoms with Crippen molar-refractivity contribution in [3.05, 3.63) is 64.5 Å². The van der Waals surface area contributed by atoms with Crippen LogP contribution in [-0.2, 0) is 23.2 Å². The summed E-state index contributed by atoms with van der Waals surface area (Å²) in [5.74, 6) is 1.26. The van der Waals surface area contributed by atoms with Crippen molar-refractivity contribution in [2.45, 2.75) is 51.5 Å². The molecule has 3 heterocycles. The van der Waals surface area contributed by atoms with Crippen molar-refractivity contribution in [2.75, 3.05) is 24.5 Å². The van der Waals surface area contributed by atoms with Gasteiger partial charge in [-0.15, -0.1) is 10.2 Å². The van der Waals surface area contributed by atoms with Crippen molar-refractivity contribution in [3.63, 3.8) is 0 Å². The molecule has 3 aromatic rings. The molecule has 0 aliphatic carbocycles. The molecule has 0 radical (unpaired) electrons. The predicted molar refractivity (Wildman–Crippen MR) is 123 cm³/mol. The molecule has 1 aliphatic rings. The number of aryl methyl sites for hydroxylation is 1. The van der Waals surface area contributed by atoms with Gasteiger partial charge in [-0.3, -0.25) is 9.69 Å². The molecule has 1 aliphatic heterocycles. The van der Waals surface area contributed by atoms with E-state index in [4.69, 9.17) is 4.42 Å². The first kappa shape index (κ1) is 21.7. The van der Waals surface area contributed by atoms with Gasteiger partial charge in [-0.05, 0) is 53.8 Å². The second-order valence-electron chi connectivity index (χ2n) is 8.03. The number of hydrogen-bond donors (Lipinski definition) is 0. The van der Waals surface area contributed by atoms with Crippen LogP contribution >= 0.6 is 11.3 Å². The fourth-order valence-electron chi connectivity index (χ4n) is 4.35. The number of para-hydroxylation sites is 1. The average Bonchev–Trinajstić information content (AvgIpc) is 3.51. The Labute approximate surface area is 187 Å². The largest absolute Gasteiger partial charge is 0.423 e. The number of nitrogens with zero attached hydrogens (tertiary/aromatic N) is 4. The highest BCUT2D eigenvalue weighted by Gasteiger charge is 2.48. The Morgan fingerprint density at radius 1 is 1.16 bits per heavy atom. The van der Waals surface area contributed by atoms with Gasteiger partial charge in [0, 0.05) is 38.2 Å². The molecule has 6 nitrogen and oxygen atoms in total. The van der Waals surface area contributed by atoms with E-state index in [1.165, 1.54) is 5.56 Å². The highest BCUT2D eigenvalue weighted by molar-refractivity contribution is 7.07. The van der Waals surface area contributed by atoms with Crippen molar-refractivity contribution in [3.8, 4) is 0 Å². The molecule has 7 heteroatoms. The lowest BCUT2D eigenvalue weighted by molar-refractivity contribution is -0.120. The number of anilines is 1. The maximum absolute atomic E-state index is 13.3. The standard InChI is InChI=1S/C24H30N4O2S/c1-3-21-25-26-23(30-21)24(28(22(29)4-2)20-8-6-5-7-9-20)12-15-27(16-13-24)14-10-19-11-17-31-18-19/h5-9,11,17-18H,3-4,10,12-16H2,1-2H3. The van der Waals surface area contributed by atoms with Crippen LogP contribution in [0, 0.1) is 0 Å². The normalized spacial score (nSPS) is 16.3. The van der Waals surface area contributed by atoms with Crippen molar-refractivity contribution >= 4 is 22.9 Å². The molecule has 0 atom stereocenters. The van der Waals surface area contributed by atoms with Crippen LogP contribution < -0.4 is 4.90 Å². The van der Waals surface area contributed by atoms with Gasteiger partial charge in [0.25, 0.3) is 0 Å². The first-order valence-electron chi connectivity index (χ1n) is 11.1. The molecule has 1 fully saturated rings. The molecule has 0 bridgehead atoms. The molecule has 2 aromatic heterocycles. The molecule has 1 amide bonds. The quantitative estimate of drug-likeness (QED) is 0.511. The molecule has 0 unspecified atom stereocenters. The fourth-order valence-corrected chi connectivity index (χ4v) is 5.05. The lowest BCUT2D eigenvalue weighted by atomic mass is 9.84. The van der Waals surface area contributed by atoms with Crippen molar-refractivity contribution in [1.82, 2.24) is 15.1 Å². The third-order valence-corrected chi connectivity index (χ3v) is 6.87. The smallest absolute Gasteiger partial charge is 0.242 e. The zero-order valence-corrected chi connectivity index (χ0v) is 19.1. The lowest BCUT2D eigenvalue weighted by Gasteiger charge is -2.46. The maximum atomic E-state index is 13.3. The highest BCUT2D eigenvalue weighted by atomic mass is 32.1. The summed E-state index contributed by atoms with van der Waals surface area (Å²) in [6, 6.07) is 12.1. The first-order valence-corrected chi connectivity index (χ1v) is 12.0. The number of likely N-dealkylation sites (tertiary alicyclic amines) is 1. The summed E-state index contributed by atoms with van der Waals surface area (Å²) >= 11 is 1.74. The Kier molecular flexibility index (Phi) is 6.83. The average molecular weight is 439 g/mol. The van der Waals surface area contributed by atoms with Crippen LogP contribution in [-0.4, -0.2) is 40.6 Å². The summed E-state index contributed by atoms with van der Waals surface area (Å²) in [4.78, 5) is 17.7. The van der Waals surface area contributed by atoms with Gasteiger partial charge < -0.3 is 9.32 Å². The Balaban J connectivity index is 1.63. The number of thiophene rings is 1. The van der Waals surface area contributed by atoms with Crippen LogP contribution in [0.25, 0.3) is 0 Å². The van der Waals surface area contributed by atoms with Crippen LogP contribution in [0.15, 0.2) is 51.6 Å². The summed E-state index contributed by atoms with van der Waals surface area (Å²) in [7, 11) is 0. The van der Waals surface area contributed by atoms with Crippen LogP contribution in [0.5, 0.6) is 0 Å². The molecule has 1 aromatic carbocycles. The molecule has 164 valence electrons. The minimum absolute atomic E-state index is 0.0779. The molecular formula is C24H30N4O2S. The summed E-state index contributed by atoms with van der Waals surface area (Å²) in [5.41, 5.74) is 1.66. The molecule has 0 N–H and O–H groups in total. The lowest BCUT2D eigenvalue weighted by Crippen LogP contribution is -2.56. The number of carbonyl (C=O) groups is 1. The van der Waals surface area contributed by atoms with Gasteiger partial charge in [-0.2, -0.15) is 11.3 Å². The number of benzene rings is 1. The third-order valence-electron chi connectivity index (χ3n) is 6.14. The maximum Gasteiger partial charge on any atom is 0.242 e. The van der Waals surface area contributed by atoms with E-state index in [1.807, 2.05) is 49.1 Å². The Morgan fingerprint density at radius 3 is 2.55 bits per heavy atom. The van der Waals surface area contributed by atoms with E-state index in [0.717, 1.165) is 44.6 Å². The zero-order chi connectivity index (χ0) is 21.7. The Hall–Kier alpha value is -2.51. The predicted octanol–water partition coefficient (Wildman–Crippen LogP) is 4.67. The molecule has 1 saturated heterocycles. The van der Waals surface area contributed by atoms with Crippen LogP contribution in [0.4, 0.5) is 5.69 Å². The van der Waals surface area contributed by atoms with E-state index in [2.05, 4.69) is 31.9 Å². The minimum atomic E-state index is -0.617. The Morgan fingerprint density at radius 2 is 1.94 bits per heavy atom.